The molecule has 21 heavy (non-hydrogen) atoms. The molecule has 3 aliphatic carbocycles. The molecule has 0 aromatic carbocycles. The zero-order valence-electron chi connectivity index (χ0n) is 13.2. The van der Waals surface area contributed by atoms with Crippen molar-refractivity contribution in [1.29, 1.82) is 0 Å². The lowest BCUT2D eigenvalue weighted by atomic mass is 9.64. The van der Waals surface area contributed by atoms with Crippen molar-refractivity contribution in [2.75, 3.05) is 6.54 Å². The van der Waals surface area contributed by atoms with E-state index in [9.17, 15) is 4.79 Å². The molecule has 0 spiro atoms. The Kier molecular flexibility index (Phi) is 3.72. The summed E-state index contributed by atoms with van der Waals surface area (Å²) in [6.45, 7) is 1.03. The second-order valence-electron chi connectivity index (χ2n) is 8.13. The van der Waals surface area contributed by atoms with E-state index in [1.165, 1.54) is 51.4 Å². The second kappa shape index (κ2) is 5.57. The molecule has 3 nitrogen and oxygen atoms in total. The molecule has 1 aliphatic heterocycles. The molecule has 1 heterocycles. The van der Waals surface area contributed by atoms with Crippen LogP contribution in [0.4, 0.5) is 0 Å². The molecule has 4 aliphatic rings. The Labute approximate surface area is 128 Å². The predicted molar refractivity (Wildman–Crippen MR) is 83.6 cm³/mol. The van der Waals surface area contributed by atoms with Crippen LogP contribution >= 0.6 is 0 Å². The third-order valence-corrected chi connectivity index (χ3v) is 7.04. The van der Waals surface area contributed by atoms with Crippen LogP contribution in [0.5, 0.6) is 0 Å². The van der Waals surface area contributed by atoms with Crippen molar-refractivity contribution in [3.63, 3.8) is 0 Å². The van der Waals surface area contributed by atoms with Crippen LogP contribution in [0.15, 0.2) is 0 Å². The molecule has 1 saturated heterocycles. The van der Waals surface area contributed by atoms with Gasteiger partial charge in [-0.3, -0.25) is 4.79 Å². The van der Waals surface area contributed by atoms with Crippen LogP contribution in [-0.4, -0.2) is 29.4 Å². The minimum atomic E-state index is 0.292. The van der Waals surface area contributed by atoms with Crippen LogP contribution in [0.2, 0.25) is 0 Å². The molecule has 3 saturated carbocycles. The lowest BCUT2D eigenvalue weighted by Crippen LogP contribution is -2.51. The first-order valence-corrected chi connectivity index (χ1v) is 9.30. The number of hydrogen-bond donors (Lipinski definition) is 1. The number of nitrogens with two attached hydrogens (primary N) is 1. The second-order valence-corrected chi connectivity index (χ2v) is 8.13. The molecular formula is C18H30N2O. The fourth-order valence-electron chi connectivity index (χ4n) is 5.61. The van der Waals surface area contributed by atoms with Gasteiger partial charge in [-0.15, -0.1) is 0 Å². The largest absolute Gasteiger partial charge is 0.339 e. The van der Waals surface area contributed by atoms with Gasteiger partial charge >= 0.3 is 0 Å². The first-order valence-electron chi connectivity index (χ1n) is 9.30. The van der Waals surface area contributed by atoms with Crippen LogP contribution < -0.4 is 5.73 Å². The predicted octanol–water partition coefficient (Wildman–Crippen LogP) is 2.93. The summed E-state index contributed by atoms with van der Waals surface area (Å²) in [5, 5.41) is 0. The molecule has 4 rings (SSSR count). The van der Waals surface area contributed by atoms with E-state index in [4.69, 9.17) is 5.73 Å². The number of likely N-dealkylation sites (tertiary alicyclic amines) is 1. The molecule has 0 aromatic heterocycles. The van der Waals surface area contributed by atoms with Gasteiger partial charge in [0.1, 0.15) is 0 Å². The van der Waals surface area contributed by atoms with Crippen LogP contribution in [0.1, 0.15) is 64.2 Å². The van der Waals surface area contributed by atoms with Crippen molar-refractivity contribution in [2.24, 2.45) is 29.4 Å². The lowest BCUT2D eigenvalue weighted by Gasteiger charge is -2.45. The number of carbonyl (C=O) groups is 1. The number of hydrogen-bond acceptors (Lipinski definition) is 2. The molecular weight excluding hydrogens is 260 g/mol. The molecule has 3 unspecified atom stereocenters. The fraction of sp³-hybridized carbons (Fsp3) is 0.944. The van der Waals surface area contributed by atoms with Crippen LogP contribution in [0.3, 0.4) is 0 Å². The zero-order chi connectivity index (χ0) is 14.4. The number of nitrogens with zero attached hydrogens (tertiary/aromatic N) is 1. The molecule has 0 aromatic rings. The van der Waals surface area contributed by atoms with Crippen molar-refractivity contribution in [2.45, 2.75) is 76.3 Å². The number of rotatable bonds is 2. The summed E-state index contributed by atoms with van der Waals surface area (Å²) in [5.41, 5.74) is 6.38. The summed E-state index contributed by atoms with van der Waals surface area (Å²) in [6, 6.07) is 0.963. The third-order valence-electron chi connectivity index (χ3n) is 7.04. The molecule has 4 fully saturated rings. The number of fused-ring (bicyclic) bond motifs is 2. The van der Waals surface area contributed by atoms with Crippen molar-refractivity contribution >= 4 is 5.91 Å². The van der Waals surface area contributed by atoms with E-state index in [0.717, 1.165) is 25.3 Å². The molecule has 3 heteroatoms. The Morgan fingerprint density at radius 3 is 2.10 bits per heavy atom. The van der Waals surface area contributed by atoms with E-state index in [1.54, 1.807) is 0 Å². The standard InChI is InChI=1S/C18H30N2O/c19-17-13-6-2-7-14(17)11-15(10-13)18(21)20-9-3-8-16(20)12-4-1-5-12/h12-17H,1-11,19H2. The summed E-state index contributed by atoms with van der Waals surface area (Å²) >= 11 is 0. The average Bonchev–Trinajstić information content (AvgIpc) is 2.84. The van der Waals surface area contributed by atoms with Gasteiger partial charge in [-0.2, -0.15) is 0 Å². The fourth-order valence-corrected chi connectivity index (χ4v) is 5.61. The van der Waals surface area contributed by atoms with E-state index in [1.807, 2.05) is 0 Å². The Hall–Kier alpha value is -0.570. The maximum Gasteiger partial charge on any atom is 0.225 e. The lowest BCUT2D eigenvalue weighted by molar-refractivity contribution is -0.141. The van der Waals surface area contributed by atoms with Crippen molar-refractivity contribution in [3.05, 3.63) is 0 Å². The maximum atomic E-state index is 13.1. The topological polar surface area (TPSA) is 46.3 Å². The van der Waals surface area contributed by atoms with Crippen molar-refractivity contribution in [3.8, 4) is 0 Å². The highest BCUT2D eigenvalue weighted by atomic mass is 16.2. The third kappa shape index (κ3) is 2.42. The quantitative estimate of drug-likeness (QED) is 0.850. The Morgan fingerprint density at radius 2 is 1.48 bits per heavy atom. The van der Waals surface area contributed by atoms with Gasteiger partial charge in [0.2, 0.25) is 5.91 Å². The van der Waals surface area contributed by atoms with Crippen LogP contribution in [0, 0.1) is 23.7 Å². The monoisotopic (exact) mass is 290 g/mol. The van der Waals surface area contributed by atoms with Gasteiger partial charge in [-0.1, -0.05) is 12.8 Å². The minimum Gasteiger partial charge on any atom is -0.339 e. The average molecular weight is 290 g/mol. The highest BCUT2D eigenvalue weighted by molar-refractivity contribution is 5.79. The van der Waals surface area contributed by atoms with E-state index in [2.05, 4.69) is 4.90 Å². The Bertz CT molecular complexity index is 392. The van der Waals surface area contributed by atoms with Gasteiger partial charge in [-0.05, 0) is 69.1 Å². The van der Waals surface area contributed by atoms with Gasteiger partial charge in [0, 0.05) is 24.5 Å². The summed E-state index contributed by atoms with van der Waals surface area (Å²) in [5.74, 6) is 2.85. The van der Waals surface area contributed by atoms with Crippen molar-refractivity contribution in [1.82, 2.24) is 4.90 Å². The van der Waals surface area contributed by atoms with E-state index in [0.29, 0.717) is 35.7 Å². The summed E-state index contributed by atoms with van der Waals surface area (Å²) in [4.78, 5) is 15.4. The van der Waals surface area contributed by atoms with Gasteiger partial charge in [0.25, 0.3) is 0 Å². The minimum absolute atomic E-state index is 0.292. The smallest absolute Gasteiger partial charge is 0.225 e. The van der Waals surface area contributed by atoms with Gasteiger partial charge < -0.3 is 10.6 Å². The first-order chi connectivity index (χ1) is 10.2. The molecule has 2 bridgehead atoms. The molecule has 2 N–H and O–H groups in total. The highest BCUT2D eigenvalue weighted by Crippen LogP contribution is 2.44. The molecule has 0 radical (unpaired) electrons. The van der Waals surface area contributed by atoms with E-state index < -0.39 is 0 Å². The molecule has 118 valence electrons. The summed E-state index contributed by atoms with van der Waals surface area (Å²) in [6.07, 6.45) is 12.6. The summed E-state index contributed by atoms with van der Waals surface area (Å²) < 4.78 is 0. The van der Waals surface area contributed by atoms with Crippen molar-refractivity contribution < 1.29 is 4.79 Å². The number of carbonyl (C=O) groups excluding carboxylic acids is 1. The highest BCUT2D eigenvalue weighted by Gasteiger charge is 2.44. The molecule has 1 amide bonds. The normalized spacial score (nSPS) is 43.7. The maximum absolute atomic E-state index is 13.1. The number of amides is 1. The van der Waals surface area contributed by atoms with Crippen LogP contribution in [0.25, 0.3) is 0 Å². The SMILES string of the molecule is NC1C2CCCC1CC(C(=O)N1CCCC1C1CCC1)C2. The van der Waals surface area contributed by atoms with Gasteiger partial charge in [0.15, 0.2) is 0 Å². The zero-order valence-corrected chi connectivity index (χ0v) is 13.2. The van der Waals surface area contributed by atoms with Gasteiger partial charge in [-0.25, -0.2) is 0 Å². The van der Waals surface area contributed by atoms with Crippen LogP contribution in [-0.2, 0) is 4.79 Å². The molecule has 3 atom stereocenters. The van der Waals surface area contributed by atoms with E-state index in [-0.39, 0.29) is 0 Å². The Balaban J connectivity index is 1.44. The Morgan fingerprint density at radius 1 is 0.857 bits per heavy atom. The van der Waals surface area contributed by atoms with E-state index >= 15 is 0 Å². The first kappa shape index (κ1) is 14.0. The van der Waals surface area contributed by atoms with Gasteiger partial charge in [0.05, 0.1) is 0 Å². The summed E-state index contributed by atoms with van der Waals surface area (Å²) in [7, 11) is 0.